The number of nitrogens with zero attached hydrogens (tertiary/aromatic N) is 2. The average molecular weight is 412 g/mol. The molecule has 31 heavy (non-hydrogen) atoms. The number of carbonyl (C=O) groups is 1. The van der Waals surface area contributed by atoms with Crippen molar-refractivity contribution >= 4 is 11.8 Å². The minimum absolute atomic E-state index is 0.0921. The first-order valence-electron chi connectivity index (χ1n) is 10.5. The third kappa shape index (κ3) is 5.50. The van der Waals surface area contributed by atoms with Gasteiger partial charge in [0.25, 0.3) is 0 Å². The van der Waals surface area contributed by atoms with Gasteiger partial charge >= 0.3 is 6.09 Å². The van der Waals surface area contributed by atoms with Crippen LogP contribution in [0, 0.1) is 11.3 Å². The van der Waals surface area contributed by atoms with Crippen LogP contribution >= 0.6 is 0 Å². The largest absolute Gasteiger partial charge is 0.446 e. The number of hydrogen-bond acceptors (Lipinski definition) is 4. The molecule has 3 aromatic rings. The first-order chi connectivity index (χ1) is 15.2. The lowest BCUT2D eigenvalue weighted by molar-refractivity contribution is 0.0567. The molecule has 0 aliphatic carbocycles. The lowest BCUT2D eigenvalue weighted by atomic mass is 10.0. The topological polar surface area (TPSA) is 65.4 Å². The van der Waals surface area contributed by atoms with Gasteiger partial charge in [0.1, 0.15) is 6.10 Å². The van der Waals surface area contributed by atoms with Crippen molar-refractivity contribution in [3.05, 3.63) is 90.0 Å². The molecule has 0 spiro atoms. The molecule has 5 heteroatoms. The number of anilines is 1. The summed E-state index contributed by atoms with van der Waals surface area (Å²) in [6, 6.07) is 27.6. The highest BCUT2D eigenvalue weighted by Gasteiger charge is 2.23. The lowest BCUT2D eigenvalue weighted by Crippen LogP contribution is -2.38. The smallest absolute Gasteiger partial charge is 0.411 e. The molecule has 1 saturated heterocycles. The van der Waals surface area contributed by atoms with Crippen molar-refractivity contribution in [2.45, 2.75) is 25.5 Å². The van der Waals surface area contributed by atoms with Crippen LogP contribution in [0.4, 0.5) is 10.5 Å². The Morgan fingerprint density at radius 1 is 1.00 bits per heavy atom. The van der Waals surface area contributed by atoms with Crippen LogP contribution in [-0.2, 0) is 11.3 Å². The Kier molecular flexibility index (Phi) is 6.61. The Morgan fingerprint density at radius 3 is 2.52 bits per heavy atom. The number of ether oxygens (including phenoxy) is 1. The zero-order chi connectivity index (χ0) is 21.5. The normalized spacial score (nSPS) is 14.5. The Morgan fingerprint density at radius 2 is 1.74 bits per heavy atom. The summed E-state index contributed by atoms with van der Waals surface area (Å²) >= 11 is 0. The molecule has 3 aromatic carbocycles. The molecule has 5 nitrogen and oxygen atoms in total. The van der Waals surface area contributed by atoms with Gasteiger partial charge in [-0.3, -0.25) is 10.2 Å². The summed E-state index contributed by atoms with van der Waals surface area (Å²) in [5, 5.41) is 12.0. The molecule has 1 N–H and O–H groups in total. The predicted octanol–water partition coefficient (Wildman–Crippen LogP) is 5.44. The number of benzene rings is 3. The molecule has 4 rings (SSSR count). The van der Waals surface area contributed by atoms with Crippen molar-refractivity contribution in [3.63, 3.8) is 0 Å². The minimum atomic E-state index is -0.413. The Balaban J connectivity index is 1.30. The van der Waals surface area contributed by atoms with Crippen molar-refractivity contribution in [2.24, 2.45) is 0 Å². The minimum Gasteiger partial charge on any atom is -0.446 e. The number of piperidine rings is 1. The fraction of sp³-hybridized carbons (Fsp3) is 0.231. The quantitative estimate of drug-likeness (QED) is 0.607. The van der Waals surface area contributed by atoms with Gasteiger partial charge in [-0.2, -0.15) is 5.26 Å². The Labute approximate surface area is 182 Å². The van der Waals surface area contributed by atoms with Crippen molar-refractivity contribution in [1.29, 1.82) is 5.26 Å². The number of rotatable bonds is 5. The first-order valence-corrected chi connectivity index (χ1v) is 10.5. The molecule has 1 heterocycles. The molecule has 1 aliphatic heterocycles. The maximum Gasteiger partial charge on any atom is 0.411 e. The highest BCUT2D eigenvalue weighted by atomic mass is 16.6. The summed E-state index contributed by atoms with van der Waals surface area (Å²) in [7, 11) is 0. The number of para-hydroxylation sites is 1. The van der Waals surface area contributed by atoms with Gasteiger partial charge in [-0.1, -0.05) is 60.7 Å². The number of amides is 1. The van der Waals surface area contributed by atoms with Gasteiger partial charge in [0.2, 0.25) is 0 Å². The second kappa shape index (κ2) is 9.92. The summed E-state index contributed by atoms with van der Waals surface area (Å²) in [5.74, 6) is 0. The van der Waals surface area contributed by atoms with Crippen molar-refractivity contribution in [3.8, 4) is 17.2 Å². The Bertz CT molecular complexity index is 1070. The van der Waals surface area contributed by atoms with Crippen molar-refractivity contribution in [1.82, 2.24) is 4.90 Å². The van der Waals surface area contributed by atoms with E-state index < -0.39 is 6.09 Å². The predicted molar refractivity (Wildman–Crippen MR) is 121 cm³/mol. The van der Waals surface area contributed by atoms with Gasteiger partial charge in [0.15, 0.2) is 0 Å². The molecule has 0 aromatic heterocycles. The van der Waals surface area contributed by atoms with Crippen LogP contribution in [0.15, 0.2) is 78.9 Å². The summed E-state index contributed by atoms with van der Waals surface area (Å²) in [4.78, 5) is 14.9. The summed E-state index contributed by atoms with van der Waals surface area (Å²) in [5.41, 5.74) is 4.58. The van der Waals surface area contributed by atoms with Gasteiger partial charge in [0.05, 0.1) is 17.3 Å². The fourth-order valence-corrected chi connectivity index (χ4v) is 3.94. The standard InChI is InChI=1S/C26H25N3O2/c27-18-20-7-6-8-21(17-20)19-29-15-13-23(14-16-29)31-26(30)28-25-12-5-4-11-24(25)22-9-2-1-3-10-22/h1-12,17,23H,13-16,19H2,(H,28,30). The third-order valence-electron chi connectivity index (χ3n) is 5.52. The molecular formula is C26H25N3O2. The zero-order valence-electron chi connectivity index (χ0n) is 17.3. The molecule has 0 radical (unpaired) electrons. The summed E-state index contributed by atoms with van der Waals surface area (Å²) in [6.45, 7) is 2.52. The first kappa shape index (κ1) is 20.6. The van der Waals surface area contributed by atoms with Gasteiger partial charge in [-0.25, -0.2) is 4.79 Å². The number of hydrogen-bond donors (Lipinski definition) is 1. The van der Waals surface area contributed by atoms with E-state index in [2.05, 4.69) is 16.3 Å². The van der Waals surface area contributed by atoms with E-state index in [1.807, 2.05) is 78.9 Å². The van der Waals surface area contributed by atoms with Crippen LogP contribution in [0.1, 0.15) is 24.0 Å². The highest BCUT2D eigenvalue weighted by Crippen LogP contribution is 2.28. The number of nitriles is 1. The van der Waals surface area contributed by atoms with Crippen LogP contribution in [0.5, 0.6) is 0 Å². The monoisotopic (exact) mass is 411 g/mol. The van der Waals surface area contributed by atoms with E-state index in [4.69, 9.17) is 10.00 Å². The van der Waals surface area contributed by atoms with Crippen molar-refractivity contribution < 1.29 is 9.53 Å². The van der Waals surface area contributed by atoms with Crippen LogP contribution in [0.25, 0.3) is 11.1 Å². The number of carbonyl (C=O) groups excluding carboxylic acids is 1. The average Bonchev–Trinajstić information content (AvgIpc) is 2.81. The number of likely N-dealkylation sites (tertiary alicyclic amines) is 1. The van der Waals surface area contributed by atoms with E-state index in [1.165, 1.54) is 0 Å². The van der Waals surface area contributed by atoms with E-state index in [0.29, 0.717) is 5.56 Å². The molecule has 1 amide bonds. The second-order valence-corrected chi connectivity index (χ2v) is 7.73. The molecule has 1 fully saturated rings. The highest BCUT2D eigenvalue weighted by molar-refractivity contribution is 5.91. The van der Waals surface area contributed by atoms with Crippen molar-refractivity contribution in [2.75, 3.05) is 18.4 Å². The molecule has 0 atom stereocenters. The molecular weight excluding hydrogens is 386 g/mol. The second-order valence-electron chi connectivity index (χ2n) is 7.73. The maximum absolute atomic E-state index is 12.5. The molecule has 0 saturated carbocycles. The van der Waals surface area contributed by atoms with E-state index in [1.54, 1.807) is 0 Å². The van der Waals surface area contributed by atoms with E-state index in [9.17, 15) is 4.79 Å². The van der Waals surface area contributed by atoms with Gasteiger partial charge < -0.3 is 4.74 Å². The van der Waals surface area contributed by atoms with Gasteiger partial charge in [0, 0.05) is 25.2 Å². The van der Waals surface area contributed by atoms with E-state index >= 15 is 0 Å². The summed E-state index contributed by atoms with van der Waals surface area (Å²) < 4.78 is 5.70. The van der Waals surface area contributed by atoms with Crippen LogP contribution in [-0.4, -0.2) is 30.2 Å². The lowest BCUT2D eigenvalue weighted by Gasteiger charge is -2.31. The maximum atomic E-state index is 12.5. The molecule has 156 valence electrons. The Hall–Kier alpha value is -3.62. The van der Waals surface area contributed by atoms with E-state index in [0.717, 1.165) is 54.9 Å². The summed E-state index contributed by atoms with van der Waals surface area (Å²) in [6.07, 6.45) is 1.09. The van der Waals surface area contributed by atoms with Gasteiger partial charge in [-0.15, -0.1) is 0 Å². The van der Waals surface area contributed by atoms with Crippen LogP contribution < -0.4 is 5.32 Å². The molecule has 1 aliphatic rings. The SMILES string of the molecule is N#Cc1cccc(CN2CCC(OC(=O)Nc3ccccc3-c3ccccc3)CC2)c1. The fourth-order valence-electron chi connectivity index (χ4n) is 3.94. The zero-order valence-corrected chi connectivity index (χ0v) is 17.3. The third-order valence-corrected chi connectivity index (χ3v) is 5.52. The van der Waals surface area contributed by atoms with Crippen LogP contribution in [0.2, 0.25) is 0 Å². The van der Waals surface area contributed by atoms with E-state index in [-0.39, 0.29) is 6.10 Å². The number of nitrogens with one attached hydrogen (secondary N) is 1. The van der Waals surface area contributed by atoms with Crippen LogP contribution in [0.3, 0.4) is 0 Å². The molecule has 0 bridgehead atoms. The van der Waals surface area contributed by atoms with Gasteiger partial charge in [-0.05, 0) is 42.2 Å². The molecule has 0 unspecified atom stereocenters.